The molecule has 29 heavy (non-hydrogen) atoms. The maximum atomic E-state index is 13.0. The summed E-state index contributed by atoms with van der Waals surface area (Å²) in [5.74, 6) is 0.121. The largest absolute Gasteiger partial charge is 0.274 e. The van der Waals surface area contributed by atoms with Gasteiger partial charge in [0, 0.05) is 31.1 Å². The molecule has 1 aromatic heterocycles. The molecule has 0 atom stereocenters. The molecule has 0 saturated carbocycles. The van der Waals surface area contributed by atoms with Crippen LogP contribution in [0.1, 0.15) is 49.9 Å². The number of benzene rings is 2. The minimum absolute atomic E-state index is 0.121. The van der Waals surface area contributed by atoms with Gasteiger partial charge in [-0.1, -0.05) is 81.4 Å². The van der Waals surface area contributed by atoms with Crippen LogP contribution >= 0.6 is 0 Å². The van der Waals surface area contributed by atoms with E-state index in [0.29, 0.717) is 18.7 Å². The van der Waals surface area contributed by atoms with Crippen LogP contribution < -0.4 is 4.72 Å². The highest BCUT2D eigenvalue weighted by Crippen LogP contribution is 2.29. The van der Waals surface area contributed by atoms with Gasteiger partial charge in [-0.15, -0.1) is 0 Å². The standard InChI is InChI=1S/C23H29N3O2S/c1-23(2,3)22-21(17-26(4)25-22)29(27,28)24-16-15-20(18-11-7-5-8-12-18)19-13-9-6-10-14-19/h5-14,17,20,24H,15-16H2,1-4H3. The number of hydrogen-bond donors (Lipinski definition) is 1. The van der Waals surface area contributed by atoms with Crippen molar-refractivity contribution in [3.05, 3.63) is 83.7 Å². The Hall–Kier alpha value is -2.44. The van der Waals surface area contributed by atoms with Gasteiger partial charge in [0.15, 0.2) is 0 Å². The molecule has 3 aromatic rings. The minimum Gasteiger partial charge on any atom is -0.274 e. The van der Waals surface area contributed by atoms with E-state index in [1.807, 2.05) is 57.2 Å². The summed E-state index contributed by atoms with van der Waals surface area (Å²) in [6, 6.07) is 20.4. The molecule has 0 spiro atoms. The van der Waals surface area contributed by atoms with E-state index < -0.39 is 10.0 Å². The number of rotatable bonds is 7. The third-order valence-corrected chi connectivity index (χ3v) is 6.39. The molecule has 0 aliphatic rings. The monoisotopic (exact) mass is 411 g/mol. The second-order valence-corrected chi connectivity index (χ2v) is 10.1. The van der Waals surface area contributed by atoms with Crippen molar-refractivity contribution in [3.63, 3.8) is 0 Å². The Balaban J connectivity index is 1.80. The van der Waals surface area contributed by atoms with Crippen LogP contribution in [0, 0.1) is 0 Å². The SMILES string of the molecule is Cn1cc(S(=O)(=O)NCCC(c2ccccc2)c2ccccc2)c(C(C)(C)C)n1. The van der Waals surface area contributed by atoms with Crippen LogP contribution in [0.5, 0.6) is 0 Å². The molecule has 0 radical (unpaired) electrons. The normalized spacial score (nSPS) is 12.4. The van der Waals surface area contributed by atoms with Crippen LogP contribution in [0.15, 0.2) is 71.8 Å². The first kappa shape index (κ1) is 21.3. The van der Waals surface area contributed by atoms with Gasteiger partial charge in [-0.3, -0.25) is 4.68 Å². The topological polar surface area (TPSA) is 64.0 Å². The van der Waals surface area contributed by atoms with E-state index in [1.54, 1.807) is 17.9 Å². The van der Waals surface area contributed by atoms with Crippen LogP contribution in [0.3, 0.4) is 0 Å². The molecule has 154 valence electrons. The molecule has 5 nitrogen and oxygen atoms in total. The zero-order valence-electron chi connectivity index (χ0n) is 17.5. The highest BCUT2D eigenvalue weighted by molar-refractivity contribution is 7.89. The van der Waals surface area contributed by atoms with Gasteiger partial charge in [0.1, 0.15) is 4.90 Å². The van der Waals surface area contributed by atoms with Crippen molar-refractivity contribution in [2.45, 2.75) is 43.4 Å². The molecule has 2 aromatic carbocycles. The van der Waals surface area contributed by atoms with E-state index in [1.165, 1.54) is 11.1 Å². The lowest BCUT2D eigenvalue weighted by atomic mass is 9.89. The highest BCUT2D eigenvalue weighted by atomic mass is 32.2. The van der Waals surface area contributed by atoms with E-state index >= 15 is 0 Å². The van der Waals surface area contributed by atoms with Gasteiger partial charge in [0.2, 0.25) is 10.0 Å². The number of hydrogen-bond acceptors (Lipinski definition) is 3. The first-order valence-electron chi connectivity index (χ1n) is 9.82. The average molecular weight is 412 g/mol. The Morgan fingerprint density at radius 1 is 0.966 bits per heavy atom. The van der Waals surface area contributed by atoms with E-state index in [-0.39, 0.29) is 16.2 Å². The maximum Gasteiger partial charge on any atom is 0.243 e. The summed E-state index contributed by atoms with van der Waals surface area (Å²) in [5.41, 5.74) is 2.57. The highest BCUT2D eigenvalue weighted by Gasteiger charge is 2.29. The van der Waals surface area contributed by atoms with Crippen LogP contribution in [-0.4, -0.2) is 24.7 Å². The molecule has 6 heteroatoms. The lowest BCUT2D eigenvalue weighted by molar-refractivity contribution is 0.534. The second kappa shape index (κ2) is 8.51. The quantitative estimate of drug-likeness (QED) is 0.633. The number of nitrogens with zero attached hydrogens (tertiary/aromatic N) is 2. The van der Waals surface area contributed by atoms with Crippen LogP contribution in [0.4, 0.5) is 0 Å². The second-order valence-electron chi connectivity index (χ2n) is 8.33. The summed E-state index contributed by atoms with van der Waals surface area (Å²) in [4.78, 5) is 0.253. The van der Waals surface area contributed by atoms with Gasteiger partial charge in [-0.2, -0.15) is 5.10 Å². The fraction of sp³-hybridized carbons (Fsp3) is 0.348. The van der Waals surface area contributed by atoms with Crippen molar-refractivity contribution < 1.29 is 8.42 Å². The smallest absolute Gasteiger partial charge is 0.243 e. The maximum absolute atomic E-state index is 13.0. The molecule has 3 rings (SSSR count). The minimum atomic E-state index is -3.65. The van der Waals surface area contributed by atoms with Gasteiger partial charge >= 0.3 is 0 Å². The Morgan fingerprint density at radius 2 is 1.48 bits per heavy atom. The number of sulfonamides is 1. The third kappa shape index (κ3) is 5.14. The molecule has 0 amide bonds. The predicted octanol–water partition coefficient (Wildman–Crippen LogP) is 4.22. The zero-order chi connectivity index (χ0) is 21.1. The molecular formula is C23H29N3O2S. The van der Waals surface area contributed by atoms with Crippen LogP contribution in [-0.2, 0) is 22.5 Å². The van der Waals surface area contributed by atoms with Crippen molar-refractivity contribution in [1.29, 1.82) is 0 Å². The van der Waals surface area contributed by atoms with Crippen molar-refractivity contribution >= 4 is 10.0 Å². The Kier molecular flexibility index (Phi) is 6.24. The fourth-order valence-corrected chi connectivity index (χ4v) is 4.93. The molecule has 0 aliphatic heterocycles. The lowest BCUT2D eigenvalue weighted by Crippen LogP contribution is -2.28. The Morgan fingerprint density at radius 3 is 1.97 bits per heavy atom. The lowest BCUT2D eigenvalue weighted by Gasteiger charge is -2.20. The molecule has 0 fully saturated rings. The first-order chi connectivity index (χ1) is 13.7. The van der Waals surface area contributed by atoms with E-state index in [4.69, 9.17) is 0 Å². The Bertz CT molecular complexity index is 997. The summed E-state index contributed by atoms with van der Waals surface area (Å²) in [6.07, 6.45) is 2.24. The first-order valence-corrected chi connectivity index (χ1v) is 11.3. The number of aromatic nitrogens is 2. The molecule has 1 heterocycles. The predicted molar refractivity (Wildman–Crippen MR) is 116 cm³/mol. The Labute approximate surface area is 173 Å². The number of aryl methyl sites for hydroxylation is 1. The molecular weight excluding hydrogens is 382 g/mol. The zero-order valence-corrected chi connectivity index (χ0v) is 18.3. The molecule has 1 N–H and O–H groups in total. The van der Waals surface area contributed by atoms with Crippen molar-refractivity contribution in [2.24, 2.45) is 7.05 Å². The van der Waals surface area contributed by atoms with Crippen molar-refractivity contribution in [2.75, 3.05) is 6.54 Å². The van der Waals surface area contributed by atoms with E-state index in [0.717, 1.165) is 0 Å². The van der Waals surface area contributed by atoms with Gasteiger partial charge in [0.05, 0.1) is 5.69 Å². The third-order valence-electron chi connectivity index (χ3n) is 4.92. The van der Waals surface area contributed by atoms with Gasteiger partial charge in [-0.05, 0) is 17.5 Å². The summed E-state index contributed by atoms with van der Waals surface area (Å²) >= 11 is 0. The average Bonchev–Trinajstić information content (AvgIpc) is 3.10. The molecule has 0 aliphatic carbocycles. The summed E-state index contributed by atoms with van der Waals surface area (Å²) in [5, 5.41) is 4.38. The van der Waals surface area contributed by atoms with Crippen molar-refractivity contribution in [1.82, 2.24) is 14.5 Å². The van der Waals surface area contributed by atoms with Crippen molar-refractivity contribution in [3.8, 4) is 0 Å². The summed E-state index contributed by atoms with van der Waals surface area (Å²) in [7, 11) is -1.90. The van der Waals surface area contributed by atoms with Crippen LogP contribution in [0.2, 0.25) is 0 Å². The summed E-state index contributed by atoms with van der Waals surface area (Å²) < 4.78 is 30.4. The van der Waals surface area contributed by atoms with E-state index in [2.05, 4.69) is 34.1 Å². The number of nitrogens with one attached hydrogen (secondary N) is 1. The van der Waals surface area contributed by atoms with Crippen LogP contribution in [0.25, 0.3) is 0 Å². The molecule has 0 bridgehead atoms. The van der Waals surface area contributed by atoms with Gasteiger partial charge in [-0.25, -0.2) is 13.1 Å². The molecule has 0 saturated heterocycles. The van der Waals surface area contributed by atoms with Gasteiger partial charge < -0.3 is 0 Å². The fourth-order valence-electron chi connectivity index (χ4n) is 3.49. The molecule has 0 unspecified atom stereocenters. The van der Waals surface area contributed by atoms with E-state index in [9.17, 15) is 8.42 Å². The van der Waals surface area contributed by atoms with Gasteiger partial charge in [0.25, 0.3) is 0 Å². The summed E-state index contributed by atoms with van der Waals surface area (Å²) in [6.45, 7) is 6.24.